The Hall–Kier alpha value is -1.69. The topological polar surface area (TPSA) is 60.7 Å². The van der Waals surface area contributed by atoms with Crippen LogP contribution in [0.4, 0.5) is 0 Å². The SMILES string of the molecule is CC(C)OCCCNC(=O)c1ccc(COc2ccc(Cl)cc2Cl)o1. The van der Waals surface area contributed by atoms with Gasteiger partial charge in [0, 0.05) is 18.2 Å². The second-order valence-electron chi connectivity index (χ2n) is 5.66. The summed E-state index contributed by atoms with van der Waals surface area (Å²) in [6.45, 7) is 5.25. The molecule has 1 N–H and O–H groups in total. The largest absolute Gasteiger partial charge is 0.484 e. The molecule has 0 saturated heterocycles. The molecule has 1 amide bonds. The van der Waals surface area contributed by atoms with Crippen molar-refractivity contribution in [1.82, 2.24) is 5.32 Å². The molecule has 0 aliphatic carbocycles. The minimum atomic E-state index is -0.264. The van der Waals surface area contributed by atoms with Gasteiger partial charge in [0.15, 0.2) is 5.76 Å². The fraction of sp³-hybridized carbons (Fsp3) is 0.389. The number of nitrogens with one attached hydrogen (secondary N) is 1. The molecule has 1 heterocycles. The van der Waals surface area contributed by atoms with Crippen molar-refractivity contribution in [1.29, 1.82) is 0 Å². The molecule has 0 spiro atoms. The summed E-state index contributed by atoms with van der Waals surface area (Å²) in [5.41, 5.74) is 0. The maximum Gasteiger partial charge on any atom is 0.286 e. The van der Waals surface area contributed by atoms with Crippen LogP contribution in [0.25, 0.3) is 0 Å². The molecule has 136 valence electrons. The Morgan fingerprint density at radius 2 is 2.04 bits per heavy atom. The molecule has 0 aliphatic rings. The summed E-state index contributed by atoms with van der Waals surface area (Å²) in [7, 11) is 0. The van der Waals surface area contributed by atoms with Gasteiger partial charge in [0.2, 0.25) is 0 Å². The Bertz CT molecular complexity index is 700. The van der Waals surface area contributed by atoms with Crippen LogP contribution in [0.5, 0.6) is 5.75 Å². The van der Waals surface area contributed by atoms with Gasteiger partial charge in [-0.05, 0) is 50.6 Å². The fourth-order valence-electron chi connectivity index (χ4n) is 2.00. The minimum absolute atomic E-state index is 0.164. The Morgan fingerprint density at radius 3 is 2.76 bits per heavy atom. The van der Waals surface area contributed by atoms with Gasteiger partial charge in [-0.1, -0.05) is 23.2 Å². The third-order valence-electron chi connectivity index (χ3n) is 3.21. The fourth-order valence-corrected chi connectivity index (χ4v) is 2.46. The average molecular weight is 386 g/mol. The molecule has 0 saturated carbocycles. The lowest BCUT2D eigenvalue weighted by atomic mass is 10.3. The number of hydrogen-bond donors (Lipinski definition) is 1. The molecule has 0 aliphatic heterocycles. The van der Waals surface area contributed by atoms with Crippen LogP contribution in [0, 0.1) is 0 Å². The van der Waals surface area contributed by atoms with Gasteiger partial charge in [0.25, 0.3) is 5.91 Å². The third kappa shape index (κ3) is 6.61. The number of ether oxygens (including phenoxy) is 2. The monoisotopic (exact) mass is 385 g/mol. The van der Waals surface area contributed by atoms with Crippen molar-refractivity contribution < 1.29 is 18.7 Å². The lowest BCUT2D eigenvalue weighted by Crippen LogP contribution is -2.25. The number of carbonyl (C=O) groups excluding carboxylic acids is 1. The molecule has 1 aromatic heterocycles. The van der Waals surface area contributed by atoms with Crippen molar-refractivity contribution in [2.75, 3.05) is 13.2 Å². The summed E-state index contributed by atoms with van der Waals surface area (Å²) in [6, 6.07) is 8.28. The number of amides is 1. The van der Waals surface area contributed by atoms with Gasteiger partial charge < -0.3 is 19.2 Å². The molecule has 0 fully saturated rings. The van der Waals surface area contributed by atoms with Crippen LogP contribution in [0.2, 0.25) is 10.0 Å². The van der Waals surface area contributed by atoms with Crippen molar-refractivity contribution in [3.63, 3.8) is 0 Å². The predicted molar refractivity (Wildman–Crippen MR) is 97.5 cm³/mol. The quantitative estimate of drug-likeness (QED) is 0.634. The molecule has 5 nitrogen and oxygen atoms in total. The van der Waals surface area contributed by atoms with E-state index in [2.05, 4.69) is 5.32 Å². The maximum atomic E-state index is 12.0. The van der Waals surface area contributed by atoms with E-state index in [4.69, 9.17) is 37.1 Å². The van der Waals surface area contributed by atoms with Crippen LogP contribution < -0.4 is 10.1 Å². The van der Waals surface area contributed by atoms with Crippen LogP contribution >= 0.6 is 23.2 Å². The first-order valence-electron chi connectivity index (χ1n) is 8.02. The molecule has 25 heavy (non-hydrogen) atoms. The van der Waals surface area contributed by atoms with Crippen molar-refractivity contribution in [2.24, 2.45) is 0 Å². The highest BCUT2D eigenvalue weighted by molar-refractivity contribution is 6.35. The highest BCUT2D eigenvalue weighted by atomic mass is 35.5. The van der Waals surface area contributed by atoms with E-state index in [1.54, 1.807) is 30.3 Å². The van der Waals surface area contributed by atoms with Gasteiger partial charge in [-0.15, -0.1) is 0 Å². The smallest absolute Gasteiger partial charge is 0.286 e. The first kappa shape index (κ1) is 19.6. The van der Waals surface area contributed by atoms with Crippen LogP contribution in [0.15, 0.2) is 34.7 Å². The summed E-state index contributed by atoms with van der Waals surface area (Å²) in [5, 5.41) is 3.74. The number of halogens is 2. The molecule has 7 heteroatoms. The lowest BCUT2D eigenvalue weighted by Gasteiger charge is -2.07. The molecule has 0 bridgehead atoms. The van der Waals surface area contributed by atoms with E-state index in [0.717, 1.165) is 6.42 Å². The summed E-state index contributed by atoms with van der Waals surface area (Å²) in [5.74, 6) is 1.00. The minimum Gasteiger partial charge on any atom is -0.484 e. The Balaban J connectivity index is 1.78. The van der Waals surface area contributed by atoms with E-state index in [-0.39, 0.29) is 24.4 Å². The summed E-state index contributed by atoms with van der Waals surface area (Å²) in [4.78, 5) is 12.0. The van der Waals surface area contributed by atoms with Gasteiger partial charge in [-0.2, -0.15) is 0 Å². The molecular weight excluding hydrogens is 365 g/mol. The van der Waals surface area contributed by atoms with E-state index < -0.39 is 0 Å². The summed E-state index contributed by atoms with van der Waals surface area (Å²) in [6.07, 6.45) is 0.938. The van der Waals surface area contributed by atoms with Crippen LogP contribution in [-0.4, -0.2) is 25.2 Å². The number of benzene rings is 1. The van der Waals surface area contributed by atoms with E-state index in [1.165, 1.54) is 0 Å². The Morgan fingerprint density at radius 1 is 1.24 bits per heavy atom. The van der Waals surface area contributed by atoms with Crippen molar-refractivity contribution in [2.45, 2.75) is 33.0 Å². The van der Waals surface area contributed by atoms with E-state index >= 15 is 0 Å². The van der Waals surface area contributed by atoms with Crippen molar-refractivity contribution >= 4 is 29.1 Å². The first-order valence-corrected chi connectivity index (χ1v) is 8.77. The zero-order valence-electron chi connectivity index (χ0n) is 14.2. The zero-order valence-corrected chi connectivity index (χ0v) is 15.7. The van der Waals surface area contributed by atoms with Crippen LogP contribution in [0.1, 0.15) is 36.6 Å². The molecule has 0 unspecified atom stereocenters. The highest BCUT2D eigenvalue weighted by Crippen LogP contribution is 2.28. The Labute approximate surface area is 157 Å². The number of hydrogen-bond acceptors (Lipinski definition) is 4. The standard InChI is InChI=1S/C18H21Cl2NO4/c1-12(2)23-9-3-8-21-18(22)17-7-5-14(25-17)11-24-16-6-4-13(19)10-15(16)20/h4-7,10,12H,3,8-9,11H2,1-2H3,(H,21,22). The predicted octanol–water partition coefficient (Wildman–Crippen LogP) is 4.71. The molecule has 0 atom stereocenters. The van der Waals surface area contributed by atoms with Gasteiger partial charge in [0.05, 0.1) is 11.1 Å². The van der Waals surface area contributed by atoms with Gasteiger partial charge in [-0.3, -0.25) is 4.79 Å². The molecule has 2 aromatic rings. The van der Waals surface area contributed by atoms with Gasteiger partial charge in [-0.25, -0.2) is 0 Å². The second kappa shape index (κ2) is 9.70. The van der Waals surface area contributed by atoms with Crippen molar-refractivity contribution in [3.05, 3.63) is 51.9 Å². The van der Waals surface area contributed by atoms with E-state index in [1.807, 2.05) is 13.8 Å². The zero-order chi connectivity index (χ0) is 18.2. The van der Waals surface area contributed by atoms with Gasteiger partial charge in [0.1, 0.15) is 18.1 Å². The maximum absolute atomic E-state index is 12.0. The number of furan rings is 1. The first-order chi connectivity index (χ1) is 12.0. The lowest BCUT2D eigenvalue weighted by molar-refractivity contribution is 0.0753. The molecular formula is C18H21Cl2NO4. The van der Waals surface area contributed by atoms with Crippen LogP contribution in [0.3, 0.4) is 0 Å². The number of rotatable bonds is 9. The van der Waals surface area contributed by atoms with E-state index in [0.29, 0.717) is 34.7 Å². The van der Waals surface area contributed by atoms with Crippen molar-refractivity contribution in [3.8, 4) is 5.75 Å². The second-order valence-corrected chi connectivity index (χ2v) is 6.50. The Kier molecular flexibility index (Phi) is 7.62. The van der Waals surface area contributed by atoms with Crippen LogP contribution in [-0.2, 0) is 11.3 Å². The summed E-state index contributed by atoms with van der Waals surface area (Å²) < 4.78 is 16.5. The summed E-state index contributed by atoms with van der Waals surface area (Å²) >= 11 is 11.9. The molecule has 2 rings (SSSR count). The normalized spacial score (nSPS) is 10.9. The average Bonchev–Trinajstić information content (AvgIpc) is 3.02. The molecule has 0 radical (unpaired) electrons. The van der Waals surface area contributed by atoms with Gasteiger partial charge >= 0.3 is 0 Å². The van der Waals surface area contributed by atoms with E-state index in [9.17, 15) is 4.79 Å². The third-order valence-corrected chi connectivity index (χ3v) is 3.74. The number of carbonyl (C=O) groups is 1. The molecule has 1 aromatic carbocycles. The highest BCUT2D eigenvalue weighted by Gasteiger charge is 2.11.